The van der Waals surface area contributed by atoms with E-state index in [-0.39, 0.29) is 12.5 Å². The molecule has 3 amide bonds. The van der Waals surface area contributed by atoms with E-state index in [2.05, 4.69) is 10.6 Å². The maximum atomic E-state index is 12.3. The molecule has 0 aliphatic rings. The lowest BCUT2D eigenvalue weighted by Gasteiger charge is -2.19. The van der Waals surface area contributed by atoms with Crippen molar-refractivity contribution in [2.75, 3.05) is 5.32 Å². The first-order valence-corrected chi connectivity index (χ1v) is 8.59. The molecule has 0 aliphatic heterocycles. The van der Waals surface area contributed by atoms with Crippen molar-refractivity contribution in [1.29, 1.82) is 0 Å². The largest absolute Gasteiger partial charge is 0.481 e. The molecule has 0 spiro atoms. The predicted octanol–water partition coefficient (Wildman–Crippen LogP) is 2.69. The van der Waals surface area contributed by atoms with Crippen LogP contribution in [0.5, 0.6) is 0 Å². The highest BCUT2D eigenvalue weighted by atomic mass is 16.4. The number of aliphatic carboxylic acids is 1. The molecule has 1 atom stereocenters. The Balaban J connectivity index is 2.05. The number of hydrogen-bond donors (Lipinski definition) is 4. The number of primary amides is 1. The third-order valence-electron chi connectivity index (χ3n) is 4.13. The fraction of sp³-hybridized carbons (Fsp3) is 0.250. The molecule has 0 saturated heterocycles. The van der Waals surface area contributed by atoms with E-state index >= 15 is 0 Å². The summed E-state index contributed by atoms with van der Waals surface area (Å²) in [6.07, 6.45) is 0.772. The van der Waals surface area contributed by atoms with Crippen LogP contribution >= 0.6 is 0 Å². The van der Waals surface area contributed by atoms with Crippen molar-refractivity contribution in [1.82, 2.24) is 5.32 Å². The summed E-state index contributed by atoms with van der Waals surface area (Å²) in [4.78, 5) is 34.7. The Hall–Kier alpha value is -3.35. The van der Waals surface area contributed by atoms with Crippen LogP contribution in [0.15, 0.2) is 48.5 Å². The first-order chi connectivity index (χ1) is 12.8. The normalized spacial score (nSPS) is 11.4. The Morgan fingerprint density at radius 2 is 1.81 bits per heavy atom. The fourth-order valence-electron chi connectivity index (χ4n) is 2.74. The number of benzene rings is 2. The molecule has 0 saturated carbocycles. The van der Waals surface area contributed by atoms with E-state index in [1.54, 1.807) is 19.1 Å². The van der Waals surface area contributed by atoms with Crippen molar-refractivity contribution in [3.05, 3.63) is 65.2 Å². The van der Waals surface area contributed by atoms with Crippen LogP contribution in [0.25, 0.3) is 0 Å². The highest BCUT2D eigenvalue weighted by molar-refractivity contribution is 5.97. The van der Waals surface area contributed by atoms with E-state index in [0.29, 0.717) is 24.1 Å². The zero-order chi connectivity index (χ0) is 19.8. The number of aryl methyl sites for hydroxylation is 1. The molecule has 7 nitrogen and oxygen atoms in total. The third-order valence-corrected chi connectivity index (χ3v) is 4.13. The molecule has 0 bridgehead atoms. The predicted molar refractivity (Wildman–Crippen MR) is 103 cm³/mol. The number of carboxylic acids is 1. The van der Waals surface area contributed by atoms with Crippen molar-refractivity contribution >= 4 is 23.6 Å². The van der Waals surface area contributed by atoms with Crippen molar-refractivity contribution in [3.8, 4) is 0 Å². The van der Waals surface area contributed by atoms with Crippen LogP contribution in [-0.4, -0.2) is 29.1 Å². The lowest BCUT2D eigenvalue weighted by molar-refractivity contribution is -0.137. The summed E-state index contributed by atoms with van der Waals surface area (Å²) in [7, 11) is 0. The van der Waals surface area contributed by atoms with Crippen LogP contribution in [0, 0.1) is 6.92 Å². The molecule has 2 rings (SSSR count). The van der Waals surface area contributed by atoms with Gasteiger partial charge in [-0.1, -0.05) is 36.4 Å². The lowest BCUT2D eigenvalue weighted by atomic mass is 10.0. The second kappa shape index (κ2) is 9.38. The Morgan fingerprint density at radius 1 is 1.11 bits per heavy atom. The maximum absolute atomic E-state index is 12.3. The molecular weight excluding hydrogens is 346 g/mol. The van der Waals surface area contributed by atoms with Gasteiger partial charge in [0.15, 0.2) is 0 Å². The first kappa shape index (κ1) is 20.0. The second-order valence-electron chi connectivity index (χ2n) is 6.31. The van der Waals surface area contributed by atoms with Gasteiger partial charge in [-0.3, -0.25) is 9.59 Å². The number of amides is 3. The van der Waals surface area contributed by atoms with Gasteiger partial charge in [0.2, 0.25) is 5.91 Å². The van der Waals surface area contributed by atoms with Gasteiger partial charge >= 0.3 is 12.0 Å². The Labute approximate surface area is 157 Å². The standard InChI is InChI=1S/C20H23N3O4/c1-13-7-8-16(12-17(13)19(21)26)23-20(27)22-15(9-10-18(24)25)11-14-5-3-2-4-6-14/h2-8,12,15H,9-11H2,1H3,(H2,21,26)(H,24,25)(H2,22,23,27). The van der Waals surface area contributed by atoms with Crippen molar-refractivity contribution in [3.63, 3.8) is 0 Å². The fourth-order valence-corrected chi connectivity index (χ4v) is 2.74. The molecule has 0 fully saturated rings. The minimum atomic E-state index is -0.917. The molecular formula is C20H23N3O4. The van der Waals surface area contributed by atoms with Gasteiger partial charge in [0.25, 0.3) is 0 Å². The van der Waals surface area contributed by atoms with Crippen molar-refractivity contribution in [2.45, 2.75) is 32.2 Å². The molecule has 1 unspecified atom stereocenters. The average Bonchev–Trinajstić information content (AvgIpc) is 2.62. The average molecular weight is 369 g/mol. The van der Waals surface area contributed by atoms with E-state index in [4.69, 9.17) is 10.8 Å². The zero-order valence-corrected chi connectivity index (χ0v) is 15.1. The van der Waals surface area contributed by atoms with Crippen LogP contribution in [0.1, 0.15) is 34.3 Å². The van der Waals surface area contributed by atoms with Gasteiger partial charge in [-0.2, -0.15) is 0 Å². The van der Waals surface area contributed by atoms with Crippen LogP contribution in [-0.2, 0) is 11.2 Å². The van der Waals surface area contributed by atoms with Gasteiger partial charge in [-0.15, -0.1) is 0 Å². The topological polar surface area (TPSA) is 122 Å². The van der Waals surface area contributed by atoms with Crippen LogP contribution < -0.4 is 16.4 Å². The van der Waals surface area contributed by atoms with E-state index in [9.17, 15) is 14.4 Å². The summed E-state index contributed by atoms with van der Waals surface area (Å²) in [5.41, 5.74) is 7.81. The van der Waals surface area contributed by atoms with Crippen LogP contribution in [0.2, 0.25) is 0 Å². The zero-order valence-electron chi connectivity index (χ0n) is 15.1. The maximum Gasteiger partial charge on any atom is 0.319 e. The molecule has 0 heterocycles. The molecule has 7 heteroatoms. The molecule has 0 aromatic heterocycles. The van der Waals surface area contributed by atoms with Gasteiger partial charge in [0, 0.05) is 23.7 Å². The third kappa shape index (κ3) is 6.47. The number of carbonyl (C=O) groups excluding carboxylic acids is 2. The van der Waals surface area contributed by atoms with E-state index in [0.717, 1.165) is 11.1 Å². The highest BCUT2D eigenvalue weighted by Gasteiger charge is 2.15. The summed E-state index contributed by atoms with van der Waals surface area (Å²) in [6, 6.07) is 13.6. The Kier molecular flexibility index (Phi) is 6.93. The summed E-state index contributed by atoms with van der Waals surface area (Å²) in [5, 5.41) is 14.4. The highest BCUT2D eigenvalue weighted by Crippen LogP contribution is 2.15. The molecule has 0 aliphatic carbocycles. The molecule has 27 heavy (non-hydrogen) atoms. The summed E-state index contributed by atoms with van der Waals surface area (Å²) < 4.78 is 0. The lowest BCUT2D eigenvalue weighted by Crippen LogP contribution is -2.39. The minimum Gasteiger partial charge on any atom is -0.481 e. The number of anilines is 1. The molecule has 142 valence electrons. The van der Waals surface area contributed by atoms with Gasteiger partial charge in [-0.25, -0.2) is 4.79 Å². The number of nitrogens with one attached hydrogen (secondary N) is 2. The van der Waals surface area contributed by atoms with Gasteiger partial charge in [0.05, 0.1) is 0 Å². The smallest absolute Gasteiger partial charge is 0.319 e. The Bertz CT molecular complexity index is 821. The van der Waals surface area contributed by atoms with E-state index in [1.807, 2.05) is 30.3 Å². The summed E-state index contributed by atoms with van der Waals surface area (Å²) in [6.45, 7) is 1.76. The number of nitrogens with two attached hydrogens (primary N) is 1. The minimum absolute atomic E-state index is 0.0475. The number of rotatable bonds is 8. The van der Waals surface area contributed by atoms with Gasteiger partial charge < -0.3 is 21.5 Å². The van der Waals surface area contributed by atoms with Crippen molar-refractivity contribution < 1.29 is 19.5 Å². The quantitative estimate of drug-likeness (QED) is 0.571. The molecule has 0 radical (unpaired) electrons. The molecule has 5 N–H and O–H groups in total. The van der Waals surface area contributed by atoms with Crippen LogP contribution in [0.3, 0.4) is 0 Å². The van der Waals surface area contributed by atoms with Crippen LogP contribution in [0.4, 0.5) is 10.5 Å². The number of hydrogen-bond acceptors (Lipinski definition) is 3. The van der Waals surface area contributed by atoms with E-state index in [1.165, 1.54) is 6.07 Å². The second-order valence-corrected chi connectivity index (χ2v) is 6.31. The van der Waals surface area contributed by atoms with Gasteiger partial charge in [0.1, 0.15) is 0 Å². The van der Waals surface area contributed by atoms with Gasteiger partial charge in [-0.05, 0) is 43.0 Å². The molecule has 2 aromatic rings. The summed E-state index contributed by atoms with van der Waals surface area (Å²) >= 11 is 0. The first-order valence-electron chi connectivity index (χ1n) is 8.59. The number of carboxylic acid groups (broad SMARTS) is 1. The Morgan fingerprint density at radius 3 is 2.44 bits per heavy atom. The number of carbonyl (C=O) groups is 3. The van der Waals surface area contributed by atoms with Crippen molar-refractivity contribution in [2.24, 2.45) is 5.73 Å². The SMILES string of the molecule is Cc1ccc(NC(=O)NC(CCC(=O)O)Cc2ccccc2)cc1C(N)=O. The number of urea groups is 1. The van der Waals surface area contributed by atoms with E-state index < -0.39 is 17.9 Å². The monoisotopic (exact) mass is 369 g/mol. The summed E-state index contributed by atoms with van der Waals surface area (Å²) in [5.74, 6) is -1.49. The molecule has 2 aromatic carbocycles.